The number of nitrogens with zero attached hydrogens (tertiary/aromatic N) is 3. The molecule has 3 aliphatic rings. The molecule has 0 amide bonds. The number of sulfonamides is 1. The van der Waals surface area contributed by atoms with Crippen LogP contribution in [0.15, 0.2) is 48.8 Å². The SMILES string of the molecule is CN1CCN(CCCN(c2ccc(C(=O)O[C@@H](Cc3c(Cl)c[nH+]cc3Cl)c3ccc(OC(F)F)c(OCC4CC4)c3)cc2OCC2CC2)S(C)(=O)=O)CC1.[OH-]. The highest BCUT2D eigenvalue weighted by atomic mass is 35.5. The molecule has 12 nitrogen and oxygen atoms in total. The maximum Gasteiger partial charge on any atom is 0.387 e. The topological polar surface area (TPSA) is 142 Å². The molecule has 1 aliphatic heterocycles. The van der Waals surface area contributed by atoms with E-state index in [9.17, 15) is 22.0 Å². The van der Waals surface area contributed by atoms with Crippen molar-refractivity contribution in [3.05, 3.63) is 75.5 Å². The Kier molecular flexibility index (Phi) is 14.8. The summed E-state index contributed by atoms with van der Waals surface area (Å²) in [6.45, 7) is 2.40. The van der Waals surface area contributed by atoms with E-state index in [0.29, 0.717) is 58.3 Å². The lowest BCUT2D eigenvalue weighted by Crippen LogP contribution is -2.45. The Labute approximate surface area is 330 Å². The maximum atomic E-state index is 14.0. The Balaban J connectivity index is 0.00000580. The maximum absolute atomic E-state index is 14.0. The summed E-state index contributed by atoms with van der Waals surface area (Å²) in [6, 6.07) is 9.00. The smallest absolute Gasteiger partial charge is 0.387 e. The van der Waals surface area contributed by atoms with Gasteiger partial charge in [0.25, 0.3) is 0 Å². The van der Waals surface area contributed by atoms with Crippen LogP contribution >= 0.6 is 23.2 Å². The van der Waals surface area contributed by atoms with E-state index in [4.69, 9.17) is 42.1 Å². The second-order valence-corrected chi connectivity index (χ2v) is 17.1. The number of carbonyl (C=O) groups is 1. The van der Waals surface area contributed by atoms with E-state index in [-0.39, 0.29) is 41.3 Å². The molecule has 0 radical (unpaired) electrons. The minimum absolute atomic E-state index is 0. The zero-order chi connectivity index (χ0) is 38.4. The van der Waals surface area contributed by atoms with E-state index in [1.165, 1.54) is 34.6 Å². The van der Waals surface area contributed by atoms with Crippen molar-refractivity contribution in [3.8, 4) is 17.2 Å². The van der Waals surface area contributed by atoms with Crippen molar-refractivity contribution in [1.82, 2.24) is 9.80 Å². The lowest BCUT2D eigenvalue weighted by atomic mass is 10.0. The standard InChI is InChI=1S/C38H46Cl2F2N4O7S.H2O/c1-44-14-16-45(17-15-44)12-3-13-46(54(2,48)49)32-10-8-28(19-35(32)50-23-25-4-5-25)37(47)52-34(20-29-30(39)21-43-22-31(29)40)27-9-11-33(53-38(41)42)36(18-27)51-24-26-6-7-26;/h8-11,18-19,21-22,25-26,34,38H,3-7,12-17,20,23-24H2,1-2H3;1H2/t34-;/m0./s1. The van der Waals surface area contributed by atoms with Crippen LogP contribution in [0.4, 0.5) is 14.5 Å². The van der Waals surface area contributed by atoms with Crippen molar-refractivity contribution in [2.24, 2.45) is 11.8 Å². The number of benzene rings is 2. The molecule has 0 unspecified atom stereocenters. The molecule has 17 heteroatoms. The molecule has 1 aromatic heterocycles. The molecule has 0 spiro atoms. The first-order valence-corrected chi connectivity index (χ1v) is 20.9. The number of pyridine rings is 1. The van der Waals surface area contributed by atoms with Gasteiger partial charge in [-0.2, -0.15) is 8.78 Å². The molecule has 1 saturated heterocycles. The molecule has 2 aromatic carbocycles. The molecular weight excluding hydrogens is 781 g/mol. The van der Waals surface area contributed by atoms with Crippen molar-refractivity contribution >= 4 is 44.9 Å². The zero-order valence-corrected chi connectivity index (χ0v) is 33.2. The third kappa shape index (κ3) is 12.3. The highest BCUT2D eigenvalue weighted by molar-refractivity contribution is 7.92. The van der Waals surface area contributed by atoms with E-state index in [1.54, 1.807) is 18.5 Å². The highest BCUT2D eigenvalue weighted by Crippen LogP contribution is 2.39. The molecule has 2 aliphatic carbocycles. The number of ether oxygens (including phenoxy) is 4. The van der Waals surface area contributed by atoms with Crippen molar-refractivity contribution < 1.29 is 51.4 Å². The normalized spacial score (nSPS) is 17.0. The first kappa shape index (κ1) is 42.7. The van der Waals surface area contributed by atoms with Crippen LogP contribution in [-0.2, 0) is 21.2 Å². The number of hydrogen-bond acceptors (Lipinski definition) is 10. The van der Waals surface area contributed by atoms with Crippen LogP contribution < -0.4 is 23.5 Å². The van der Waals surface area contributed by atoms with Crippen molar-refractivity contribution in [2.45, 2.75) is 51.2 Å². The monoisotopic (exact) mass is 828 g/mol. The summed E-state index contributed by atoms with van der Waals surface area (Å²) < 4.78 is 77.3. The van der Waals surface area contributed by atoms with E-state index in [0.717, 1.165) is 64.7 Å². The molecule has 6 rings (SSSR count). The largest absolute Gasteiger partial charge is 0.870 e. The fraction of sp³-hybridized carbons (Fsp3) is 0.526. The van der Waals surface area contributed by atoms with Gasteiger partial charge in [-0.3, -0.25) is 4.31 Å². The van der Waals surface area contributed by atoms with Crippen LogP contribution in [0, 0.1) is 11.8 Å². The van der Waals surface area contributed by atoms with E-state index >= 15 is 0 Å². The molecular formula is C38H48Cl2F2N4O8S. The molecule has 302 valence electrons. The van der Waals surface area contributed by atoms with E-state index in [2.05, 4.69) is 21.8 Å². The average molecular weight is 830 g/mol. The van der Waals surface area contributed by atoms with Gasteiger partial charge in [0, 0.05) is 44.7 Å². The minimum atomic E-state index is -3.71. The summed E-state index contributed by atoms with van der Waals surface area (Å²) in [4.78, 5) is 21.5. The molecule has 1 atom stereocenters. The van der Waals surface area contributed by atoms with Gasteiger partial charge in [-0.05, 0) is 93.4 Å². The summed E-state index contributed by atoms with van der Waals surface area (Å²) in [5.74, 6) is 0.158. The molecule has 2 heterocycles. The number of aromatic amines is 1. The van der Waals surface area contributed by atoms with Crippen LogP contribution in [0.3, 0.4) is 0 Å². The third-order valence-electron chi connectivity index (χ3n) is 9.83. The number of nitrogens with one attached hydrogen (secondary N) is 1. The first-order chi connectivity index (χ1) is 25.8. The molecule has 3 aromatic rings. The number of rotatable bonds is 19. The minimum Gasteiger partial charge on any atom is -0.870 e. The van der Waals surface area contributed by atoms with Crippen molar-refractivity contribution in [1.29, 1.82) is 0 Å². The van der Waals surface area contributed by atoms with E-state index in [1.807, 2.05) is 0 Å². The number of hydrogen-bond donors (Lipinski definition) is 0. The fourth-order valence-electron chi connectivity index (χ4n) is 6.23. The van der Waals surface area contributed by atoms with Crippen LogP contribution in [0.1, 0.15) is 59.7 Å². The van der Waals surface area contributed by atoms with Gasteiger partial charge in [0.2, 0.25) is 10.0 Å². The van der Waals surface area contributed by atoms with Gasteiger partial charge < -0.3 is 34.2 Å². The fourth-order valence-corrected chi connectivity index (χ4v) is 7.74. The molecule has 3 fully saturated rings. The number of anilines is 1. The number of H-pyrrole nitrogens is 1. The number of likely N-dealkylation sites (N-methyl/N-ethyl adjacent to an activating group) is 1. The van der Waals surface area contributed by atoms with Gasteiger partial charge in [0.05, 0.1) is 30.7 Å². The second-order valence-electron chi connectivity index (χ2n) is 14.3. The number of alkyl halides is 2. The Morgan fingerprint density at radius 1 is 0.927 bits per heavy atom. The lowest BCUT2D eigenvalue weighted by molar-refractivity contribution is -0.377. The first-order valence-electron chi connectivity index (χ1n) is 18.3. The van der Waals surface area contributed by atoms with Gasteiger partial charge in [-0.25, -0.2) is 18.2 Å². The third-order valence-corrected chi connectivity index (χ3v) is 11.7. The van der Waals surface area contributed by atoms with Crippen molar-refractivity contribution in [3.63, 3.8) is 0 Å². The van der Waals surface area contributed by atoms with Gasteiger partial charge in [0.1, 0.15) is 21.9 Å². The highest BCUT2D eigenvalue weighted by Gasteiger charge is 2.29. The zero-order valence-electron chi connectivity index (χ0n) is 30.9. The quantitative estimate of drug-likeness (QED) is 0.126. The summed E-state index contributed by atoms with van der Waals surface area (Å²) in [6.07, 6.45) is 7.89. The Morgan fingerprint density at radius 3 is 2.16 bits per heavy atom. The van der Waals surface area contributed by atoms with Gasteiger partial charge in [-0.1, -0.05) is 29.3 Å². The molecule has 55 heavy (non-hydrogen) atoms. The second kappa shape index (κ2) is 19.1. The molecule has 0 bridgehead atoms. The van der Waals surface area contributed by atoms with Gasteiger partial charge >= 0.3 is 12.6 Å². The predicted molar refractivity (Wildman–Crippen MR) is 204 cm³/mol. The van der Waals surface area contributed by atoms with Crippen LogP contribution in [0.25, 0.3) is 0 Å². The van der Waals surface area contributed by atoms with Gasteiger partial charge in [-0.15, -0.1) is 0 Å². The number of aromatic nitrogens is 1. The summed E-state index contributed by atoms with van der Waals surface area (Å²) >= 11 is 13.0. The van der Waals surface area contributed by atoms with Crippen LogP contribution in [0.2, 0.25) is 10.0 Å². The number of piperazine rings is 1. The van der Waals surface area contributed by atoms with Gasteiger partial charge in [0.15, 0.2) is 23.9 Å². The summed E-state index contributed by atoms with van der Waals surface area (Å²) in [7, 11) is -1.62. The number of carbonyl (C=O) groups excluding carboxylic acids is 1. The Hall–Kier alpha value is -3.47. The lowest BCUT2D eigenvalue weighted by Gasteiger charge is -2.33. The van der Waals surface area contributed by atoms with Crippen LogP contribution in [0.5, 0.6) is 17.2 Å². The molecule has 2 saturated carbocycles. The predicted octanol–water partition coefficient (Wildman–Crippen LogP) is 6.35. The average Bonchev–Trinajstić information content (AvgIpc) is 4.06. The summed E-state index contributed by atoms with van der Waals surface area (Å²) in [5, 5.41) is 0.611. The van der Waals surface area contributed by atoms with Crippen LogP contribution in [-0.4, -0.2) is 102 Å². The number of esters is 1. The Morgan fingerprint density at radius 2 is 1.56 bits per heavy atom. The Bertz CT molecular complexity index is 1860. The van der Waals surface area contributed by atoms with Crippen molar-refractivity contribution in [2.75, 3.05) is 70.1 Å². The van der Waals surface area contributed by atoms with E-state index < -0.39 is 28.7 Å². The summed E-state index contributed by atoms with van der Waals surface area (Å²) in [5.41, 5.74) is 1.39. The number of halogens is 4. The molecule has 2 N–H and O–H groups in total.